The SMILES string of the molecule is COc1ccccc1Oc1nc(N2CCOCC2)nc2c1CN(S(=O)(=O)c1ccccc1C#N)CC2. The molecule has 11 heteroatoms. The highest BCUT2D eigenvalue weighted by Gasteiger charge is 2.34. The number of methoxy groups -OCH3 is 1. The van der Waals surface area contributed by atoms with E-state index in [0.717, 1.165) is 5.69 Å². The van der Waals surface area contributed by atoms with Crippen molar-refractivity contribution in [3.8, 4) is 23.4 Å². The van der Waals surface area contributed by atoms with Gasteiger partial charge in [-0.2, -0.15) is 14.6 Å². The number of aromatic nitrogens is 2. The first-order chi connectivity index (χ1) is 17.5. The Kier molecular flexibility index (Phi) is 6.73. The van der Waals surface area contributed by atoms with Gasteiger partial charge in [0.25, 0.3) is 0 Å². The zero-order valence-electron chi connectivity index (χ0n) is 19.8. The van der Waals surface area contributed by atoms with E-state index in [0.29, 0.717) is 55.7 Å². The number of para-hydroxylation sites is 2. The molecule has 0 radical (unpaired) electrons. The number of ether oxygens (including phenoxy) is 3. The molecule has 3 aromatic rings. The van der Waals surface area contributed by atoms with Crippen LogP contribution in [0.3, 0.4) is 0 Å². The van der Waals surface area contributed by atoms with Gasteiger partial charge in [-0.05, 0) is 24.3 Å². The molecular weight excluding hydrogens is 482 g/mol. The molecule has 1 aromatic heterocycles. The second-order valence-electron chi connectivity index (χ2n) is 8.30. The highest BCUT2D eigenvalue weighted by Crippen LogP contribution is 2.36. The van der Waals surface area contributed by atoms with E-state index in [2.05, 4.69) is 0 Å². The van der Waals surface area contributed by atoms with E-state index in [-0.39, 0.29) is 29.4 Å². The molecule has 2 aliphatic rings. The maximum absolute atomic E-state index is 13.5. The predicted molar refractivity (Wildman–Crippen MR) is 131 cm³/mol. The van der Waals surface area contributed by atoms with Crippen LogP contribution >= 0.6 is 0 Å². The van der Waals surface area contributed by atoms with E-state index in [9.17, 15) is 13.7 Å². The number of anilines is 1. The Morgan fingerprint density at radius 1 is 1.00 bits per heavy atom. The number of nitriles is 1. The van der Waals surface area contributed by atoms with Crippen molar-refractivity contribution >= 4 is 16.0 Å². The third-order valence-electron chi connectivity index (χ3n) is 6.17. The third-order valence-corrected chi connectivity index (χ3v) is 8.07. The van der Waals surface area contributed by atoms with Crippen LogP contribution in [0.4, 0.5) is 5.95 Å². The number of hydrogen-bond donors (Lipinski definition) is 0. The molecule has 36 heavy (non-hydrogen) atoms. The molecule has 1 saturated heterocycles. The number of sulfonamides is 1. The predicted octanol–water partition coefficient (Wildman–Crippen LogP) is 2.73. The van der Waals surface area contributed by atoms with Crippen LogP contribution in [-0.2, 0) is 27.7 Å². The van der Waals surface area contributed by atoms with Gasteiger partial charge in [-0.15, -0.1) is 0 Å². The molecule has 0 atom stereocenters. The van der Waals surface area contributed by atoms with Crippen molar-refractivity contribution in [2.24, 2.45) is 0 Å². The molecule has 2 aromatic carbocycles. The fourth-order valence-electron chi connectivity index (χ4n) is 4.27. The molecule has 0 N–H and O–H groups in total. The molecule has 186 valence electrons. The summed E-state index contributed by atoms with van der Waals surface area (Å²) in [6.07, 6.45) is 0.380. The lowest BCUT2D eigenvalue weighted by Gasteiger charge is -2.31. The monoisotopic (exact) mass is 507 g/mol. The van der Waals surface area contributed by atoms with Crippen LogP contribution in [0, 0.1) is 11.3 Å². The van der Waals surface area contributed by atoms with Crippen LogP contribution in [0.25, 0.3) is 0 Å². The summed E-state index contributed by atoms with van der Waals surface area (Å²) < 4.78 is 45.5. The Morgan fingerprint density at radius 3 is 2.47 bits per heavy atom. The maximum Gasteiger partial charge on any atom is 0.244 e. The number of benzene rings is 2. The first kappa shape index (κ1) is 24.0. The van der Waals surface area contributed by atoms with Crippen molar-refractivity contribution in [2.45, 2.75) is 17.9 Å². The summed E-state index contributed by atoms with van der Waals surface area (Å²) in [6.45, 7) is 2.70. The number of fused-ring (bicyclic) bond motifs is 1. The van der Waals surface area contributed by atoms with Gasteiger partial charge >= 0.3 is 0 Å². The molecule has 0 saturated carbocycles. The Balaban J connectivity index is 1.55. The van der Waals surface area contributed by atoms with Gasteiger partial charge in [0.1, 0.15) is 6.07 Å². The first-order valence-electron chi connectivity index (χ1n) is 11.5. The van der Waals surface area contributed by atoms with E-state index in [1.165, 1.54) is 16.4 Å². The normalized spacial score (nSPS) is 16.2. The fourth-order valence-corrected chi connectivity index (χ4v) is 5.82. The summed E-state index contributed by atoms with van der Waals surface area (Å²) in [5.74, 6) is 1.79. The highest BCUT2D eigenvalue weighted by molar-refractivity contribution is 7.89. The van der Waals surface area contributed by atoms with Gasteiger partial charge in [-0.25, -0.2) is 13.4 Å². The zero-order chi connectivity index (χ0) is 25.1. The van der Waals surface area contributed by atoms with Crippen LogP contribution in [0.2, 0.25) is 0 Å². The molecule has 0 bridgehead atoms. The average molecular weight is 508 g/mol. The molecule has 5 rings (SSSR count). The summed E-state index contributed by atoms with van der Waals surface area (Å²) in [6, 6.07) is 15.4. The third kappa shape index (κ3) is 4.58. The van der Waals surface area contributed by atoms with Gasteiger partial charge < -0.3 is 19.1 Å². The highest BCUT2D eigenvalue weighted by atomic mass is 32.2. The molecular formula is C25H25N5O5S. The van der Waals surface area contributed by atoms with E-state index in [1.807, 2.05) is 23.1 Å². The molecule has 0 amide bonds. The average Bonchev–Trinajstić information content (AvgIpc) is 2.93. The summed E-state index contributed by atoms with van der Waals surface area (Å²) >= 11 is 0. The van der Waals surface area contributed by atoms with Gasteiger partial charge in [0.15, 0.2) is 11.5 Å². The van der Waals surface area contributed by atoms with Crippen LogP contribution in [0.15, 0.2) is 53.4 Å². The molecule has 0 unspecified atom stereocenters. The van der Waals surface area contributed by atoms with E-state index in [1.54, 1.807) is 31.4 Å². The van der Waals surface area contributed by atoms with E-state index in [4.69, 9.17) is 24.2 Å². The quantitative estimate of drug-likeness (QED) is 0.496. The molecule has 0 aliphatic carbocycles. The Hall–Kier alpha value is -3.72. The Morgan fingerprint density at radius 2 is 1.72 bits per heavy atom. The Labute approximate surface area is 209 Å². The lowest BCUT2D eigenvalue weighted by molar-refractivity contribution is 0.122. The minimum atomic E-state index is -3.93. The minimum absolute atomic E-state index is 0.0191. The standard InChI is InChI=1S/C25H25N5O5S/c1-33-21-7-3-4-8-22(21)35-24-19-17-30(36(31,32)23-9-5-2-6-18(23)16-26)11-10-20(19)27-25(28-24)29-12-14-34-15-13-29/h2-9H,10-15,17H2,1H3. The minimum Gasteiger partial charge on any atom is -0.493 e. The smallest absolute Gasteiger partial charge is 0.244 e. The van der Waals surface area contributed by atoms with Crippen molar-refractivity contribution in [3.63, 3.8) is 0 Å². The lowest BCUT2D eigenvalue weighted by atomic mass is 10.1. The van der Waals surface area contributed by atoms with Gasteiger partial charge in [-0.1, -0.05) is 24.3 Å². The Bertz CT molecular complexity index is 1420. The first-order valence-corrected chi connectivity index (χ1v) is 13.0. The van der Waals surface area contributed by atoms with Crippen molar-refractivity contribution < 1.29 is 22.6 Å². The van der Waals surface area contributed by atoms with E-state index < -0.39 is 10.0 Å². The summed E-state index contributed by atoms with van der Waals surface area (Å²) in [7, 11) is -2.38. The largest absolute Gasteiger partial charge is 0.493 e. The van der Waals surface area contributed by atoms with E-state index >= 15 is 0 Å². The topological polar surface area (TPSA) is 118 Å². The zero-order valence-corrected chi connectivity index (χ0v) is 20.6. The molecule has 2 aliphatic heterocycles. The summed E-state index contributed by atoms with van der Waals surface area (Å²) in [5, 5.41) is 9.45. The summed E-state index contributed by atoms with van der Waals surface area (Å²) in [5.41, 5.74) is 1.42. The molecule has 0 spiro atoms. The number of hydrogen-bond acceptors (Lipinski definition) is 9. The van der Waals surface area contributed by atoms with Crippen molar-refractivity contribution in [3.05, 3.63) is 65.4 Å². The second kappa shape index (κ2) is 10.1. The van der Waals surface area contributed by atoms with Crippen molar-refractivity contribution in [2.75, 3.05) is 44.9 Å². The number of rotatable bonds is 6. The van der Waals surface area contributed by atoms with Crippen LogP contribution in [-0.4, -0.2) is 62.6 Å². The number of morpholine rings is 1. The van der Waals surface area contributed by atoms with Crippen molar-refractivity contribution in [1.29, 1.82) is 5.26 Å². The lowest BCUT2D eigenvalue weighted by Crippen LogP contribution is -2.39. The molecule has 3 heterocycles. The van der Waals surface area contributed by atoms with Gasteiger partial charge in [0.05, 0.1) is 42.0 Å². The molecule has 1 fully saturated rings. The number of nitrogens with zero attached hydrogens (tertiary/aromatic N) is 5. The fraction of sp³-hybridized carbons (Fsp3) is 0.320. The van der Waals surface area contributed by atoms with Crippen LogP contribution in [0.5, 0.6) is 17.4 Å². The van der Waals surface area contributed by atoms with Gasteiger partial charge in [-0.3, -0.25) is 0 Å². The van der Waals surface area contributed by atoms with Gasteiger partial charge in [0, 0.05) is 32.6 Å². The molecule has 10 nitrogen and oxygen atoms in total. The maximum atomic E-state index is 13.5. The van der Waals surface area contributed by atoms with Crippen molar-refractivity contribution in [1.82, 2.24) is 14.3 Å². The van der Waals surface area contributed by atoms with Crippen LogP contribution < -0.4 is 14.4 Å². The van der Waals surface area contributed by atoms with Crippen LogP contribution in [0.1, 0.15) is 16.8 Å². The second-order valence-corrected chi connectivity index (χ2v) is 10.2. The summed E-state index contributed by atoms with van der Waals surface area (Å²) in [4.78, 5) is 11.5. The van der Waals surface area contributed by atoms with Gasteiger partial charge in [0.2, 0.25) is 21.9 Å².